The van der Waals surface area contributed by atoms with E-state index >= 15 is 0 Å². The number of rotatable bonds is 5. The standard InChI is InChI=1S/C15H20N2OS/c1-13-12-17(7-9-19-13)6-3-8-18-15-5-2-4-14(10-15)11-16/h2,4-5,10,13H,3,6-9,12H2,1H3. The van der Waals surface area contributed by atoms with Gasteiger partial charge in [-0.3, -0.25) is 0 Å². The lowest BCUT2D eigenvalue weighted by molar-refractivity contribution is 0.241. The van der Waals surface area contributed by atoms with Crippen LogP contribution in [0, 0.1) is 11.3 Å². The van der Waals surface area contributed by atoms with Crippen molar-refractivity contribution in [2.45, 2.75) is 18.6 Å². The van der Waals surface area contributed by atoms with Crippen LogP contribution in [-0.2, 0) is 0 Å². The fourth-order valence-corrected chi connectivity index (χ4v) is 3.31. The van der Waals surface area contributed by atoms with Gasteiger partial charge in [0.25, 0.3) is 0 Å². The van der Waals surface area contributed by atoms with E-state index in [0.717, 1.165) is 24.0 Å². The van der Waals surface area contributed by atoms with Crippen LogP contribution in [0.15, 0.2) is 24.3 Å². The van der Waals surface area contributed by atoms with Crippen molar-refractivity contribution in [3.8, 4) is 11.8 Å². The smallest absolute Gasteiger partial charge is 0.120 e. The number of ether oxygens (including phenoxy) is 1. The molecule has 1 saturated heterocycles. The summed E-state index contributed by atoms with van der Waals surface area (Å²) in [6, 6.07) is 9.47. The lowest BCUT2D eigenvalue weighted by Crippen LogP contribution is -2.37. The highest BCUT2D eigenvalue weighted by Crippen LogP contribution is 2.18. The van der Waals surface area contributed by atoms with E-state index in [2.05, 4.69) is 29.7 Å². The molecule has 1 aliphatic rings. The third-order valence-corrected chi connectivity index (χ3v) is 4.31. The molecular formula is C15H20N2OS. The van der Waals surface area contributed by atoms with Gasteiger partial charge in [0.2, 0.25) is 0 Å². The van der Waals surface area contributed by atoms with Gasteiger partial charge >= 0.3 is 0 Å². The quantitative estimate of drug-likeness (QED) is 0.775. The van der Waals surface area contributed by atoms with E-state index in [1.54, 1.807) is 12.1 Å². The van der Waals surface area contributed by atoms with Crippen LogP contribution in [0.1, 0.15) is 18.9 Å². The number of nitrogens with zero attached hydrogens (tertiary/aromatic N) is 2. The van der Waals surface area contributed by atoms with Crippen molar-refractivity contribution in [2.24, 2.45) is 0 Å². The van der Waals surface area contributed by atoms with E-state index in [9.17, 15) is 0 Å². The minimum Gasteiger partial charge on any atom is -0.494 e. The molecule has 0 radical (unpaired) electrons. The van der Waals surface area contributed by atoms with Gasteiger partial charge in [-0.05, 0) is 24.6 Å². The average molecular weight is 276 g/mol. The highest BCUT2D eigenvalue weighted by Gasteiger charge is 2.15. The van der Waals surface area contributed by atoms with Gasteiger partial charge in [0.15, 0.2) is 0 Å². The topological polar surface area (TPSA) is 36.3 Å². The number of nitriles is 1. The number of hydrogen-bond acceptors (Lipinski definition) is 4. The molecule has 0 saturated carbocycles. The van der Waals surface area contributed by atoms with E-state index in [4.69, 9.17) is 10.00 Å². The molecule has 0 aromatic heterocycles. The molecule has 0 amide bonds. The van der Waals surface area contributed by atoms with Crippen molar-refractivity contribution in [1.29, 1.82) is 5.26 Å². The second kappa shape index (κ2) is 7.42. The Balaban J connectivity index is 1.67. The third-order valence-electron chi connectivity index (χ3n) is 3.18. The van der Waals surface area contributed by atoms with E-state index in [0.29, 0.717) is 12.2 Å². The maximum Gasteiger partial charge on any atom is 0.120 e. The van der Waals surface area contributed by atoms with Crippen molar-refractivity contribution in [3.63, 3.8) is 0 Å². The highest BCUT2D eigenvalue weighted by atomic mass is 32.2. The van der Waals surface area contributed by atoms with Crippen molar-refractivity contribution >= 4 is 11.8 Å². The van der Waals surface area contributed by atoms with Crippen LogP contribution in [0.25, 0.3) is 0 Å². The number of hydrogen-bond donors (Lipinski definition) is 0. The fraction of sp³-hybridized carbons (Fsp3) is 0.533. The zero-order valence-electron chi connectivity index (χ0n) is 11.3. The molecule has 1 aromatic carbocycles. The first-order chi connectivity index (χ1) is 9.28. The van der Waals surface area contributed by atoms with Crippen LogP contribution in [0.5, 0.6) is 5.75 Å². The summed E-state index contributed by atoms with van der Waals surface area (Å²) < 4.78 is 5.68. The Hall–Kier alpha value is -1.18. The van der Waals surface area contributed by atoms with E-state index < -0.39 is 0 Å². The molecule has 1 heterocycles. The second-order valence-electron chi connectivity index (χ2n) is 4.82. The summed E-state index contributed by atoms with van der Waals surface area (Å²) in [7, 11) is 0. The fourth-order valence-electron chi connectivity index (χ4n) is 2.23. The van der Waals surface area contributed by atoms with Crippen molar-refractivity contribution in [3.05, 3.63) is 29.8 Å². The summed E-state index contributed by atoms with van der Waals surface area (Å²) in [4.78, 5) is 2.51. The summed E-state index contributed by atoms with van der Waals surface area (Å²) >= 11 is 2.06. The minimum atomic E-state index is 0.652. The largest absolute Gasteiger partial charge is 0.494 e. The van der Waals surface area contributed by atoms with Crippen LogP contribution in [0.3, 0.4) is 0 Å². The van der Waals surface area contributed by atoms with Gasteiger partial charge in [-0.15, -0.1) is 0 Å². The lowest BCUT2D eigenvalue weighted by Gasteiger charge is -2.30. The predicted octanol–water partition coefficient (Wildman–Crippen LogP) is 2.76. The van der Waals surface area contributed by atoms with Crippen LogP contribution in [-0.4, -0.2) is 42.1 Å². The molecule has 102 valence electrons. The van der Waals surface area contributed by atoms with E-state index in [1.807, 2.05) is 12.1 Å². The molecule has 0 aliphatic carbocycles. The molecule has 19 heavy (non-hydrogen) atoms. The van der Waals surface area contributed by atoms with Crippen LogP contribution in [0.4, 0.5) is 0 Å². The second-order valence-corrected chi connectivity index (χ2v) is 6.37. The Morgan fingerprint density at radius 1 is 1.53 bits per heavy atom. The molecule has 1 atom stereocenters. The highest BCUT2D eigenvalue weighted by molar-refractivity contribution is 7.99. The van der Waals surface area contributed by atoms with Gasteiger partial charge < -0.3 is 9.64 Å². The molecule has 1 aromatic rings. The summed E-state index contributed by atoms with van der Waals surface area (Å²) in [5, 5.41) is 9.57. The Bertz CT molecular complexity index is 444. The van der Waals surface area contributed by atoms with Crippen LogP contribution < -0.4 is 4.74 Å². The first-order valence-electron chi connectivity index (χ1n) is 6.75. The summed E-state index contributed by atoms with van der Waals surface area (Å²) in [6.07, 6.45) is 1.04. The Morgan fingerprint density at radius 3 is 3.21 bits per heavy atom. The number of benzene rings is 1. The monoisotopic (exact) mass is 276 g/mol. The normalized spacial score (nSPS) is 19.9. The predicted molar refractivity (Wildman–Crippen MR) is 79.6 cm³/mol. The Kier molecular flexibility index (Phi) is 5.56. The summed E-state index contributed by atoms with van der Waals surface area (Å²) in [5.74, 6) is 2.04. The minimum absolute atomic E-state index is 0.652. The van der Waals surface area contributed by atoms with Gasteiger partial charge in [-0.25, -0.2) is 0 Å². The first-order valence-corrected chi connectivity index (χ1v) is 7.80. The number of thioether (sulfide) groups is 1. The van der Waals surface area contributed by atoms with Crippen LogP contribution >= 0.6 is 11.8 Å². The maximum atomic E-state index is 8.81. The molecule has 0 spiro atoms. The molecule has 4 heteroatoms. The van der Waals surface area contributed by atoms with Crippen LogP contribution in [0.2, 0.25) is 0 Å². The molecular weight excluding hydrogens is 256 g/mol. The third kappa shape index (κ3) is 4.77. The van der Waals surface area contributed by atoms with Gasteiger partial charge in [0.1, 0.15) is 5.75 Å². The van der Waals surface area contributed by atoms with Gasteiger partial charge in [-0.1, -0.05) is 13.0 Å². The maximum absolute atomic E-state index is 8.81. The summed E-state index contributed by atoms with van der Waals surface area (Å²) in [6.45, 7) is 6.49. The zero-order valence-corrected chi connectivity index (χ0v) is 12.2. The molecule has 1 unspecified atom stereocenters. The molecule has 3 nitrogen and oxygen atoms in total. The zero-order chi connectivity index (χ0) is 13.5. The van der Waals surface area contributed by atoms with Crippen molar-refractivity contribution in [2.75, 3.05) is 32.0 Å². The first kappa shape index (κ1) is 14.2. The van der Waals surface area contributed by atoms with Gasteiger partial charge in [-0.2, -0.15) is 17.0 Å². The summed E-state index contributed by atoms with van der Waals surface area (Å²) in [5.41, 5.74) is 0.652. The van der Waals surface area contributed by atoms with E-state index in [1.165, 1.54) is 18.8 Å². The molecule has 0 bridgehead atoms. The average Bonchev–Trinajstić information content (AvgIpc) is 2.44. The molecule has 2 rings (SSSR count). The molecule has 1 fully saturated rings. The lowest BCUT2D eigenvalue weighted by atomic mass is 10.2. The van der Waals surface area contributed by atoms with Gasteiger partial charge in [0.05, 0.1) is 18.2 Å². The van der Waals surface area contributed by atoms with Gasteiger partial charge in [0, 0.05) is 30.6 Å². The molecule has 0 N–H and O–H groups in total. The van der Waals surface area contributed by atoms with Crippen molar-refractivity contribution < 1.29 is 4.74 Å². The SMILES string of the molecule is CC1CN(CCCOc2cccc(C#N)c2)CCS1. The Labute approximate surface area is 119 Å². The van der Waals surface area contributed by atoms with Crippen molar-refractivity contribution in [1.82, 2.24) is 4.90 Å². The van der Waals surface area contributed by atoms with E-state index in [-0.39, 0.29) is 0 Å². The molecule has 1 aliphatic heterocycles. The Morgan fingerprint density at radius 2 is 2.42 bits per heavy atom.